The number of amides is 1. The molecule has 1 aromatic rings. The third kappa shape index (κ3) is 5.01. The molecule has 0 bridgehead atoms. The fraction of sp³-hybridized carbons (Fsp3) is 0.529. The quantitative estimate of drug-likeness (QED) is 0.199. The highest BCUT2D eigenvalue weighted by atomic mass is 16.7. The van der Waals surface area contributed by atoms with Crippen molar-refractivity contribution in [2.24, 2.45) is 0 Å². The van der Waals surface area contributed by atoms with E-state index in [-0.39, 0.29) is 11.4 Å². The van der Waals surface area contributed by atoms with Crippen LogP contribution in [0.3, 0.4) is 0 Å². The third-order valence-electron chi connectivity index (χ3n) is 4.52. The second-order valence-corrected chi connectivity index (χ2v) is 6.73. The van der Waals surface area contributed by atoms with Gasteiger partial charge in [-0.1, -0.05) is 0 Å². The number of aliphatic hydroxyl groups is 4. The Kier molecular flexibility index (Phi) is 7.28. The number of aliphatic carboxylic acids is 1. The van der Waals surface area contributed by atoms with Crippen LogP contribution in [0.4, 0.5) is 5.69 Å². The number of nitro benzene ring substituents is 1. The number of nitro groups is 1. The zero-order valence-electron chi connectivity index (χ0n) is 15.7. The molecule has 6 atom stereocenters. The molecule has 30 heavy (non-hydrogen) atoms. The van der Waals surface area contributed by atoms with Gasteiger partial charge in [0.1, 0.15) is 24.1 Å². The maximum atomic E-state index is 12.0. The van der Waals surface area contributed by atoms with Crippen LogP contribution in [0.15, 0.2) is 24.3 Å². The fourth-order valence-electron chi connectivity index (χ4n) is 3.06. The minimum absolute atomic E-state index is 0.149. The SMILES string of the molecule is CC(=O)N[C@H]1C([C@H](O)[C@H](O)CO)OC(Oc2ccc([N+](=O)[O-])cc2)(C(=O)O)C[C@@H]1O. The average molecular weight is 430 g/mol. The van der Waals surface area contributed by atoms with Gasteiger partial charge in [0.15, 0.2) is 0 Å². The van der Waals surface area contributed by atoms with Crippen molar-refractivity contribution >= 4 is 17.6 Å². The Labute approximate surface area is 169 Å². The zero-order valence-corrected chi connectivity index (χ0v) is 15.7. The first-order chi connectivity index (χ1) is 14.0. The van der Waals surface area contributed by atoms with Crippen LogP contribution in [0.1, 0.15) is 13.3 Å². The second-order valence-electron chi connectivity index (χ2n) is 6.73. The Morgan fingerprint density at radius 1 is 1.37 bits per heavy atom. The smallest absolute Gasteiger partial charge is 0.377 e. The number of carbonyl (C=O) groups is 2. The van der Waals surface area contributed by atoms with E-state index in [0.717, 1.165) is 31.2 Å². The lowest BCUT2D eigenvalue weighted by Crippen LogP contribution is -2.68. The van der Waals surface area contributed by atoms with Crippen molar-refractivity contribution in [2.45, 2.75) is 49.6 Å². The van der Waals surface area contributed by atoms with Gasteiger partial charge in [-0.05, 0) is 12.1 Å². The van der Waals surface area contributed by atoms with Crippen LogP contribution in [-0.4, -0.2) is 85.2 Å². The summed E-state index contributed by atoms with van der Waals surface area (Å²) in [6, 6.07) is 3.03. The number of hydrogen-bond acceptors (Lipinski definition) is 10. The molecule has 13 nitrogen and oxygen atoms in total. The van der Waals surface area contributed by atoms with Crippen LogP contribution < -0.4 is 10.1 Å². The number of carboxylic acids is 1. The topological polar surface area (TPSA) is 209 Å². The molecule has 1 heterocycles. The molecule has 0 saturated carbocycles. The minimum atomic E-state index is -2.56. The van der Waals surface area contributed by atoms with E-state index in [4.69, 9.17) is 14.6 Å². The number of hydrogen-bond donors (Lipinski definition) is 6. The van der Waals surface area contributed by atoms with Crippen molar-refractivity contribution in [3.8, 4) is 5.75 Å². The van der Waals surface area contributed by atoms with Crippen molar-refractivity contribution in [2.75, 3.05) is 6.61 Å². The molecule has 1 aliphatic heterocycles. The van der Waals surface area contributed by atoms with E-state index in [9.17, 15) is 40.1 Å². The maximum absolute atomic E-state index is 12.0. The van der Waals surface area contributed by atoms with E-state index in [1.807, 2.05) is 0 Å². The predicted octanol–water partition coefficient (Wildman–Crippen LogP) is -1.88. The van der Waals surface area contributed by atoms with Gasteiger partial charge in [-0.15, -0.1) is 0 Å². The predicted molar refractivity (Wildman–Crippen MR) is 96.3 cm³/mol. The van der Waals surface area contributed by atoms with Crippen LogP contribution in [0.2, 0.25) is 0 Å². The van der Waals surface area contributed by atoms with Gasteiger partial charge in [0.25, 0.3) is 5.69 Å². The van der Waals surface area contributed by atoms with E-state index >= 15 is 0 Å². The van der Waals surface area contributed by atoms with Crippen LogP contribution in [-0.2, 0) is 14.3 Å². The summed E-state index contributed by atoms with van der Waals surface area (Å²) in [5, 5.41) is 62.5. The van der Waals surface area contributed by atoms with E-state index in [1.54, 1.807) is 0 Å². The molecule has 1 saturated heterocycles. The Morgan fingerprint density at radius 2 is 1.97 bits per heavy atom. The van der Waals surface area contributed by atoms with Gasteiger partial charge in [-0.2, -0.15) is 0 Å². The molecule has 1 amide bonds. The van der Waals surface area contributed by atoms with E-state index in [0.29, 0.717) is 0 Å². The maximum Gasteiger partial charge on any atom is 0.377 e. The van der Waals surface area contributed by atoms with Crippen molar-refractivity contribution in [1.29, 1.82) is 0 Å². The Bertz CT molecular complexity index is 786. The highest BCUT2D eigenvalue weighted by molar-refractivity contribution is 5.77. The molecule has 0 spiro atoms. The number of aliphatic hydroxyl groups excluding tert-OH is 4. The zero-order chi connectivity index (χ0) is 22.6. The largest absolute Gasteiger partial charge is 0.476 e. The number of non-ortho nitro benzene ring substituents is 1. The third-order valence-corrected chi connectivity index (χ3v) is 4.52. The second kappa shape index (κ2) is 9.32. The Hall–Kier alpha value is -2.84. The van der Waals surface area contributed by atoms with Crippen LogP contribution >= 0.6 is 0 Å². The molecule has 1 fully saturated rings. The molecule has 0 radical (unpaired) electrons. The standard InChI is InChI=1S/C17H22N2O11/c1-8(21)18-13-11(22)6-17(16(25)26,30-15(13)14(24)12(23)7-20)29-10-4-2-9(3-5-10)19(27)28/h2-5,11-15,20,22-24H,6-7H2,1H3,(H,18,21)(H,25,26)/t11-,12+,13+,14+,15?,17?/m0/s1. The summed E-state index contributed by atoms with van der Waals surface area (Å²) in [6.45, 7) is 0.207. The summed E-state index contributed by atoms with van der Waals surface area (Å²) >= 11 is 0. The molecule has 0 aliphatic carbocycles. The number of ether oxygens (including phenoxy) is 2. The lowest BCUT2D eigenvalue weighted by molar-refractivity contribution is -0.384. The number of nitrogens with zero attached hydrogens (tertiary/aromatic N) is 1. The van der Waals surface area contributed by atoms with Gasteiger partial charge in [-0.3, -0.25) is 14.9 Å². The van der Waals surface area contributed by atoms with E-state index < -0.39 is 66.1 Å². The Balaban J connectivity index is 2.40. The van der Waals surface area contributed by atoms with Crippen molar-refractivity contribution in [1.82, 2.24) is 5.32 Å². The molecule has 1 aromatic carbocycles. The van der Waals surface area contributed by atoms with Gasteiger partial charge in [0.2, 0.25) is 5.91 Å². The number of carboxylic acid groups (broad SMARTS) is 1. The molecule has 2 rings (SSSR count). The number of nitrogens with one attached hydrogen (secondary N) is 1. The lowest BCUT2D eigenvalue weighted by Gasteiger charge is -2.46. The van der Waals surface area contributed by atoms with Crippen molar-refractivity contribution in [3.63, 3.8) is 0 Å². The molecule has 2 unspecified atom stereocenters. The first-order valence-corrected chi connectivity index (χ1v) is 8.77. The minimum Gasteiger partial charge on any atom is -0.476 e. The molecule has 13 heteroatoms. The van der Waals surface area contributed by atoms with Crippen LogP contribution in [0.5, 0.6) is 5.75 Å². The summed E-state index contributed by atoms with van der Waals surface area (Å²) in [5.41, 5.74) is -0.276. The van der Waals surface area contributed by atoms with Crippen molar-refractivity contribution < 1.29 is 49.5 Å². The number of carbonyl (C=O) groups excluding carboxylic acids is 1. The van der Waals surface area contributed by atoms with Gasteiger partial charge in [-0.25, -0.2) is 4.79 Å². The Morgan fingerprint density at radius 3 is 2.43 bits per heavy atom. The van der Waals surface area contributed by atoms with Gasteiger partial charge >= 0.3 is 11.8 Å². The lowest BCUT2D eigenvalue weighted by atomic mass is 9.88. The summed E-state index contributed by atoms with van der Waals surface area (Å²) in [4.78, 5) is 33.5. The summed E-state index contributed by atoms with van der Waals surface area (Å²) in [5.74, 6) is -5.04. The molecule has 0 aromatic heterocycles. The molecule has 166 valence electrons. The van der Waals surface area contributed by atoms with E-state index in [1.165, 1.54) is 0 Å². The highest BCUT2D eigenvalue weighted by Crippen LogP contribution is 2.35. The fourth-order valence-corrected chi connectivity index (χ4v) is 3.06. The molecule has 1 aliphatic rings. The van der Waals surface area contributed by atoms with Crippen LogP contribution in [0, 0.1) is 10.1 Å². The van der Waals surface area contributed by atoms with E-state index in [2.05, 4.69) is 5.32 Å². The average Bonchev–Trinajstić information content (AvgIpc) is 2.68. The monoisotopic (exact) mass is 430 g/mol. The first-order valence-electron chi connectivity index (χ1n) is 8.77. The van der Waals surface area contributed by atoms with Gasteiger partial charge in [0, 0.05) is 19.1 Å². The highest BCUT2D eigenvalue weighted by Gasteiger charge is 2.56. The molecular formula is C17H22N2O11. The first kappa shape index (κ1) is 23.4. The van der Waals surface area contributed by atoms with Gasteiger partial charge < -0.3 is 40.3 Å². The van der Waals surface area contributed by atoms with Crippen molar-refractivity contribution in [3.05, 3.63) is 34.4 Å². The normalized spacial score (nSPS) is 28.2. The number of rotatable bonds is 8. The summed E-state index contributed by atoms with van der Waals surface area (Å²) in [7, 11) is 0. The summed E-state index contributed by atoms with van der Waals surface area (Å²) in [6.07, 6.45) is -7.65. The van der Waals surface area contributed by atoms with Gasteiger partial charge in [0.05, 0.1) is 30.1 Å². The molecular weight excluding hydrogens is 408 g/mol. The molecule has 6 N–H and O–H groups in total. The van der Waals surface area contributed by atoms with Crippen LogP contribution in [0.25, 0.3) is 0 Å². The number of benzene rings is 1. The summed E-state index contributed by atoms with van der Waals surface area (Å²) < 4.78 is 10.8.